The average molecular weight is 328 g/mol. The monoisotopic (exact) mass is 328 g/mol. The summed E-state index contributed by atoms with van der Waals surface area (Å²) in [4.78, 5) is 24.1. The Kier molecular flexibility index (Phi) is 4.64. The van der Waals surface area contributed by atoms with Crippen LogP contribution >= 0.6 is 0 Å². The molecule has 0 spiro atoms. The number of hydrogen-bond acceptors (Lipinski definition) is 5. The van der Waals surface area contributed by atoms with Gasteiger partial charge in [0.05, 0.1) is 5.69 Å². The first-order valence-corrected chi connectivity index (χ1v) is 8.12. The first-order valence-electron chi connectivity index (χ1n) is 8.12. The van der Waals surface area contributed by atoms with Crippen molar-refractivity contribution in [2.24, 2.45) is 0 Å². The molecule has 3 rings (SSSR count). The zero-order valence-electron chi connectivity index (χ0n) is 13.8. The molecule has 6 nitrogen and oxygen atoms in total. The Morgan fingerprint density at radius 2 is 2.08 bits per heavy atom. The van der Waals surface area contributed by atoms with Gasteiger partial charge in [-0.2, -0.15) is 0 Å². The van der Waals surface area contributed by atoms with Gasteiger partial charge in [0.1, 0.15) is 11.3 Å². The molecule has 1 aliphatic carbocycles. The highest BCUT2D eigenvalue weighted by Gasteiger charge is 2.21. The summed E-state index contributed by atoms with van der Waals surface area (Å²) in [5.74, 6) is -0.556. The highest BCUT2D eigenvalue weighted by Crippen LogP contribution is 2.24. The summed E-state index contributed by atoms with van der Waals surface area (Å²) in [6.45, 7) is 3.17. The van der Waals surface area contributed by atoms with Gasteiger partial charge in [-0.15, -0.1) is 0 Å². The molecule has 1 N–H and O–H groups in total. The number of carbonyl (C=O) groups excluding carboxylic acids is 2. The van der Waals surface area contributed by atoms with Crippen LogP contribution in [0.25, 0.3) is 0 Å². The number of hydrogen-bond donors (Lipinski definition) is 1. The van der Waals surface area contributed by atoms with Crippen molar-refractivity contribution in [1.29, 1.82) is 0 Å². The number of benzene rings is 1. The van der Waals surface area contributed by atoms with E-state index in [-0.39, 0.29) is 12.5 Å². The molecule has 0 saturated heterocycles. The standard InChI is InChI=1S/C18H20N2O4/c1-3-15-17(11(2)24-20-15)18(22)23-10-16(21)19-14-8-7-12-5-4-6-13(12)9-14/h7-9H,3-6,10H2,1-2H3,(H,19,21). The number of fused-ring (bicyclic) bond motifs is 1. The van der Waals surface area contributed by atoms with Crippen molar-refractivity contribution in [3.63, 3.8) is 0 Å². The lowest BCUT2D eigenvalue weighted by Gasteiger charge is -2.08. The normalized spacial score (nSPS) is 12.8. The third kappa shape index (κ3) is 3.32. The molecule has 1 aromatic heterocycles. The minimum absolute atomic E-state index is 0.308. The second-order valence-electron chi connectivity index (χ2n) is 5.88. The van der Waals surface area contributed by atoms with Crippen LogP contribution in [-0.4, -0.2) is 23.6 Å². The molecule has 0 unspecified atom stereocenters. The minimum Gasteiger partial charge on any atom is -0.452 e. The zero-order chi connectivity index (χ0) is 17.1. The maximum absolute atomic E-state index is 12.1. The number of ether oxygens (including phenoxy) is 1. The van der Waals surface area contributed by atoms with Crippen LogP contribution in [0, 0.1) is 6.92 Å². The van der Waals surface area contributed by atoms with Gasteiger partial charge in [0.15, 0.2) is 6.61 Å². The number of nitrogens with zero attached hydrogens (tertiary/aromatic N) is 1. The lowest BCUT2D eigenvalue weighted by Crippen LogP contribution is -2.21. The molecule has 1 aromatic carbocycles. The molecule has 1 aliphatic rings. The van der Waals surface area contributed by atoms with E-state index in [9.17, 15) is 9.59 Å². The molecule has 126 valence electrons. The van der Waals surface area contributed by atoms with Crippen molar-refractivity contribution in [2.45, 2.75) is 39.5 Å². The van der Waals surface area contributed by atoms with Crippen molar-refractivity contribution < 1.29 is 18.8 Å². The number of aromatic nitrogens is 1. The number of anilines is 1. The molecule has 0 fully saturated rings. The Morgan fingerprint density at radius 1 is 1.29 bits per heavy atom. The van der Waals surface area contributed by atoms with Crippen LogP contribution in [0.1, 0.15) is 46.3 Å². The van der Waals surface area contributed by atoms with Gasteiger partial charge in [-0.3, -0.25) is 4.79 Å². The van der Waals surface area contributed by atoms with E-state index in [1.165, 1.54) is 11.1 Å². The van der Waals surface area contributed by atoms with Crippen molar-refractivity contribution in [3.05, 3.63) is 46.3 Å². The zero-order valence-corrected chi connectivity index (χ0v) is 13.8. The van der Waals surface area contributed by atoms with Crippen molar-refractivity contribution in [1.82, 2.24) is 5.16 Å². The van der Waals surface area contributed by atoms with E-state index in [2.05, 4.69) is 10.5 Å². The molecule has 0 saturated carbocycles. The molecule has 0 aliphatic heterocycles. The Bertz CT molecular complexity index is 779. The predicted octanol–water partition coefficient (Wildman–Crippen LogP) is 2.83. The molecular weight excluding hydrogens is 308 g/mol. The lowest BCUT2D eigenvalue weighted by molar-refractivity contribution is -0.119. The number of aryl methyl sites for hydroxylation is 4. The van der Waals surface area contributed by atoms with E-state index in [1.54, 1.807) is 6.92 Å². The third-order valence-corrected chi connectivity index (χ3v) is 4.19. The summed E-state index contributed by atoms with van der Waals surface area (Å²) in [5.41, 5.74) is 4.19. The first-order chi connectivity index (χ1) is 11.6. The number of nitrogens with one attached hydrogen (secondary N) is 1. The topological polar surface area (TPSA) is 81.4 Å². The fourth-order valence-electron chi connectivity index (χ4n) is 2.97. The lowest BCUT2D eigenvalue weighted by atomic mass is 10.1. The van der Waals surface area contributed by atoms with Crippen LogP contribution in [0.2, 0.25) is 0 Å². The molecule has 2 aromatic rings. The van der Waals surface area contributed by atoms with E-state index in [0.29, 0.717) is 23.4 Å². The van der Waals surface area contributed by atoms with E-state index in [0.717, 1.165) is 24.9 Å². The molecule has 6 heteroatoms. The molecule has 0 radical (unpaired) electrons. The van der Waals surface area contributed by atoms with Crippen LogP contribution in [0.3, 0.4) is 0 Å². The molecule has 0 bridgehead atoms. The fraction of sp³-hybridized carbons (Fsp3) is 0.389. The average Bonchev–Trinajstić information content (AvgIpc) is 3.18. The van der Waals surface area contributed by atoms with Gasteiger partial charge < -0.3 is 14.6 Å². The van der Waals surface area contributed by atoms with Crippen LogP contribution in [-0.2, 0) is 28.8 Å². The molecule has 0 atom stereocenters. The molecular formula is C18H20N2O4. The maximum atomic E-state index is 12.1. The van der Waals surface area contributed by atoms with Gasteiger partial charge in [0, 0.05) is 5.69 Å². The highest BCUT2D eigenvalue weighted by molar-refractivity contribution is 5.96. The van der Waals surface area contributed by atoms with Gasteiger partial charge in [-0.1, -0.05) is 18.1 Å². The van der Waals surface area contributed by atoms with Crippen LogP contribution in [0.5, 0.6) is 0 Å². The van der Waals surface area contributed by atoms with E-state index in [1.807, 2.05) is 25.1 Å². The Hall–Kier alpha value is -2.63. The van der Waals surface area contributed by atoms with Crippen molar-refractivity contribution >= 4 is 17.6 Å². The highest BCUT2D eigenvalue weighted by atomic mass is 16.5. The second kappa shape index (κ2) is 6.86. The van der Waals surface area contributed by atoms with Gasteiger partial charge in [0.2, 0.25) is 0 Å². The maximum Gasteiger partial charge on any atom is 0.344 e. The largest absolute Gasteiger partial charge is 0.452 e. The summed E-state index contributed by atoms with van der Waals surface area (Å²) in [5, 5.41) is 6.57. The smallest absolute Gasteiger partial charge is 0.344 e. The predicted molar refractivity (Wildman–Crippen MR) is 88.0 cm³/mol. The van der Waals surface area contributed by atoms with Gasteiger partial charge in [-0.25, -0.2) is 4.79 Å². The minimum atomic E-state index is -0.588. The van der Waals surface area contributed by atoms with Crippen molar-refractivity contribution in [2.75, 3.05) is 11.9 Å². The summed E-state index contributed by atoms with van der Waals surface area (Å²) >= 11 is 0. The fourth-order valence-corrected chi connectivity index (χ4v) is 2.97. The molecule has 1 heterocycles. The van der Waals surface area contributed by atoms with Gasteiger partial charge >= 0.3 is 5.97 Å². The first kappa shape index (κ1) is 16.2. The second-order valence-corrected chi connectivity index (χ2v) is 5.88. The van der Waals surface area contributed by atoms with Crippen LogP contribution in [0.15, 0.2) is 22.7 Å². The van der Waals surface area contributed by atoms with Gasteiger partial charge in [0.25, 0.3) is 5.91 Å². The summed E-state index contributed by atoms with van der Waals surface area (Å²) < 4.78 is 10.1. The van der Waals surface area contributed by atoms with Crippen molar-refractivity contribution in [3.8, 4) is 0 Å². The SMILES string of the molecule is CCc1noc(C)c1C(=O)OCC(=O)Nc1ccc2c(c1)CCC2. The summed E-state index contributed by atoms with van der Waals surface area (Å²) in [7, 11) is 0. The Balaban J connectivity index is 1.57. The van der Waals surface area contributed by atoms with Crippen LogP contribution < -0.4 is 5.32 Å². The van der Waals surface area contributed by atoms with E-state index in [4.69, 9.17) is 9.26 Å². The summed E-state index contributed by atoms with van der Waals surface area (Å²) in [6, 6.07) is 5.91. The number of carbonyl (C=O) groups is 2. The number of rotatable bonds is 5. The van der Waals surface area contributed by atoms with Gasteiger partial charge in [-0.05, 0) is 55.9 Å². The quantitative estimate of drug-likeness (QED) is 0.854. The molecule has 1 amide bonds. The number of amides is 1. The summed E-state index contributed by atoms with van der Waals surface area (Å²) in [6.07, 6.45) is 3.85. The number of esters is 1. The van der Waals surface area contributed by atoms with E-state index < -0.39 is 5.97 Å². The van der Waals surface area contributed by atoms with E-state index >= 15 is 0 Å². The Labute approximate surface area is 140 Å². The Morgan fingerprint density at radius 3 is 2.88 bits per heavy atom. The van der Waals surface area contributed by atoms with Crippen LogP contribution in [0.4, 0.5) is 5.69 Å². The molecule has 24 heavy (non-hydrogen) atoms. The third-order valence-electron chi connectivity index (χ3n) is 4.19.